The molecule has 0 rings (SSSR count). The minimum absolute atomic E-state index is 0.144. The third-order valence-corrected chi connectivity index (χ3v) is 1.65. The predicted octanol–water partition coefficient (Wildman–Crippen LogP) is 1.20. The van der Waals surface area contributed by atoms with Crippen LogP contribution in [0.1, 0.15) is 27.2 Å². The molecule has 10 heavy (non-hydrogen) atoms. The van der Waals surface area contributed by atoms with Crippen LogP contribution in [0.2, 0.25) is 0 Å². The SMILES string of the molecule is CC(C)C(=O)[C@H](C)CCN. The highest BCUT2D eigenvalue weighted by molar-refractivity contribution is 5.82. The van der Waals surface area contributed by atoms with Crippen LogP contribution in [0.25, 0.3) is 0 Å². The Bertz CT molecular complexity index is 110. The molecule has 0 aromatic heterocycles. The van der Waals surface area contributed by atoms with Crippen molar-refractivity contribution in [2.24, 2.45) is 17.6 Å². The summed E-state index contributed by atoms with van der Waals surface area (Å²) in [5, 5.41) is 0. The minimum atomic E-state index is 0.144. The van der Waals surface area contributed by atoms with Crippen LogP contribution in [0.5, 0.6) is 0 Å². The smallest absolute Gasteiger partial charge is 0.138 e. The average Bonchev–Trinajstić information content (AvgIpc) is 1.87. The molecule has 2 heteroatoms. The molecule has 60 valence electrons. The zero-order valence-electron chi connectivity index (χ0n) is 7.05. The van der Waals surface area contributed by atoms with Crippen molar-refractivity contribution in [2.45, 2.75) is 27.2 Å². The van der Waals surface area contributed by atoms with Gasteiger partial charge in [-0.15, -0.1) is 0 Å². The summed E-state index contributed by atoms with van der Waals surface area (Å²) in [6.07, 6.45) is 0.816. The van der Waals surface area contributed by atoms with Gasteiger partial charge in [0.25, 0.3) is 0 Å². The standard InChI is InChI=1S/C8H17NO/c1-6(2)8(10)7(3)4-5-9/h6-7H,4-5,9H2,1-3H3/t7-/m1/s1. The number of hydrogen-bond acceptors (Lipinski definition) is 2. The maximum atomic E-state index is 11.2. The molecule has 0 aliphatic heterocycles. The molecule has 2 nitrogen and oxygen atoms in total. The number of rotatable bonds is 4. The zero-order valence-corrected chi connectivity index (χ0v) is 7.05. The molecular weight excluding hydrogens is 126 g/mol. The van der Waals surface area contributed by atoms with Gasteiger partial charge in [-0.1, -0.05) is 20.8 Å². The summed E-state index contributed by atoms with van der Waals surface area (Å²) in [6.45, 7) is 6.40. The summed E-state index contributed by atoms with van der Waals surface area (Å²) in [4.78, 5) is 11.2. The summed E-state index contributed by atoms with van der Waals surface area (Å²) >= 11 is 0. The lowest BCUT2D eigenvalue weighted by Gasteiger charge is -2.10. The molecule has 0 heterocycles. The summed E-state index contributed by atoms with van der Waals surface area (Å²) < 4.78 is 0. The third kappa shape index (κ3) is 2.97. The van der Waals surface area contributed by atoms with E-state index in [1.54, 1.807) is 0 Å². The number of nitrogens with two attached hydrogens (primary N) is 1. The maximum absolute atomic E-state index is 11.2. The molecule has 0 aromatic rings. The van der Waals surface area contributed by atoms with E-state index in [1.807, 2.05) is 20.8 Å². The van der Waals surface area contributed by atoms with Crippen molar-refractivity contribution in [3.05, 3.63) is 0 Å². The lowest BCUT2D eigenvalue weighted by Crippen LogP contribution is -2.19. The van der Waals surface area contributed by atoms with Crippen LogP contribution in [-0.4, -0.2) is 12.3 Å². The first-order chi connectivity index (χ1) is 4.59. The molecule has 0 fully saturated rings. The lowest BCUT2D eigenvalue weighted by atomic mass is 9.94. The second-order valence-electron chi connectivity index (χ2n) is 3.04. The first kappa shape index (κ1) is 9.63. The predicted molar refractivity (Wildman–Crippen MR) is 42.7 cm³/mol. The Morgan fingerprint density at radius 1 is 1.40 bits per heavy atom. The van der Waals surface area contributed by atoms with Crippen molar-refractivity contribution >= 4 is 5.78 Å². The van der Waals surface area contributed by atoms with Crippen molar-refractivity contribution in [1.29, 1.82) is 0 Å². The summed E-state index contributed by atoms with van der Waals surface area (Å²) in [7, 11) is 0. The van der Waals surface area contributed by atoms with Crippen molar-refractivity contribution < 1.29 is 4.79 Å². The first-order valence-electron chi connectivity index (χ1n) is 3.83. The maximum Gasteiger partial charge on any atom is 0.138 e. The highest BCUT2D eigenvalue weighted by Crippen LogP contribution is 2.08. The first-order valence-corrected chi connectivity index (χ1v) is 3.83. The van der Waals surface area contributed by atoms with Gasteiger partial charge in [0.2, 0.25) is 0 Å². The summed E-state index contributed by atoms with van der Waals surface area (Å²) in [5.74, 6) is 0.622. The van der Waals surface area contributed by atoms with Gasteiger partial charge in [-0.25, -0.2) is 0 Å². The quantitative estimate of drug-likeness (QED) is 0.642. The van der Waals surface area contributed by atoms with Gasteiger partial charge in [0.15, 0.2) is 0 Å². The van der Waals surface area contributed by atoms with Gasteiger partial charge >= 0.3 is 0 Å². The molecule has 0 unspecified atom stereocenters. The molecule has 0 aromatic carbocycles. The number of ketones is 1. The van der Waals surface area contributed by atoms with E-state index in [4.69, 9.17) is 5.73 Å². The highest BCUT2D eigenvalue weighted by atomic mass is 16.1. The number of hydrogen-bond donors (Lipinski definition) is 1. The molecule has 0 spiro atoms. The molecule has 2 N–H and O–H groups in total. The molecule has 0 aliphatic carbocycles. The number of Topliss-reactive ketones (excluding diaryl/α,β-unsaturated/α-hetero) is 1. The van der Waals surface area contributed by atoms with Crippen LogP contribution >= 0.6 is 0 Å². The molecular formula is C8H17NO. The zero-order chi connectivity index (χ0) is 8.15. The van der Waals surface area contributed by atoms with E-state index in [-0.39, 0.29) is 11.8 Å². The summed E-state index contributed by atoms with van der Waals surface area (Å²) in [6, 6.07) is 0. The van der Waals surface area contributed by atoms with E-state index < -0.39 is 0 Å². The van der Waals surface area contributed by atoms with E-state index in [9.17, 15) is 4.79 Å². The van der Waals surface area contributed by atoms with Crippen molar-refractivity contribution in [3.8, 4) is 0 Å². The van der Waals surface area contributed by atoms with E-state index in [1.165, 1.54) is 0 Å². The number of carbonyl (C=O) groups excluding carboxylic acids is 1. The van der Waals surface area contributed by atoms with Gasteiger partial charge in [-0.3, -0.25) is 4.79 Å². The molecule has 0 saturated heterocycles. The van der Waals surface area contributed by atoms with Crippen molar-refractivity contribution in [3.63, 3.8) is 0 Å². The Kier molecular flexibility index (Phi) is 4.28. The minimum Gasteiger partial charge on any atom is -0.330 e. The molecule has 1 atom stereocenters. The van der Waals surface area contributed by atoms with Gasteiger partial charge in [0.1, 0.15) is 5.78 Å². The lowest BCUT2D eigenvalue weighted by molar-refractivity contribution is -0.125. The number of carbonyl (C=O) groups is 1. The monoisotopic (exact) mass is 143 g/mol. The van der Waals surface area contributed by atoms with Crippen molar-refractivity contribution in [2.75, 3.05) is 6.54 Å². The fourth-order valence-electron chi connectivity index (χ4n) is 0.961. The molecule has 0 saturated carbocycles. The largest absolute Gasteiger partial charge is 0.330 e. The average molecular weight is 143 g/mol. The molecule has 0 amide bonds. The Balaban J connectivity index is 3.71. The summed E-state index contributed by atoms with van der Waals surface area (Å²) in [5.41, 5.74) is 5.32. The Hall–Kier alpha value is -0.370. The molecule has 0 bridgehead atoms. The van der Waals surface area contributed by atoms with Crippen LogP contribution in [-0.2, 0) is 4.79 Å². The van der Waals surface area contributed by atoms with Gasteiger partial charge in [0, 0.05) is 11.8 Å². The van der Waals surface area contributed by atoms with E-state index >= 15 is 0 Å². The Morgan fingerprint density at radius 3 is 2.20 bits per heavy atom. The normalized spacial score (nSPS) is 13.7. The van der Waals surface area contributed by atoms with Gasteiger partial charge in [0.05, 0.1) is 0 Å². The second-order valence-corrected chi connectivity index (χ2v) is 3.04. The third-order valence-electron chi connectivity index (χ3n) is 1.65. The van der Waals surface area contributed by atoms with Crippen molar-refractivity contribution in [1.82, 2.24) is 0 Å². The second kappa shape index (κ2) is 4.45. The van der Waals surface area contributed by atoms with E-state index in [0.29, 0.717) is 12.3 Å². The van der Waals surface area contributed by atoms with E-state index in [2.05, 4.69) is 0 Å². The molecule has 0 radical (unpaired) electrons. The van der Waals surface area contributed by atoms with E-state index in [0.717, 1.165) is 6.42 Å². The highest BCUT2D eigenvalue weighted by Gasteiger charge is 2.14. The van der Waals surface area contributed by atoms with Gasteiger partial charge in [-0.2, -0.15) is 0 Å². The molecule has 0 aliphatic rings. The van der Waals surface area contributed by atoms with Crippen LogP contribution in [0.3, 0.4) is 0 Å². The fraction of sp³-hybridized carbons (Fsp3) is 0.875. The van der Waals surface area contributed by atoms with Gasteiger partial charge in [-0.05, 0) is 13.0 Å². The fourth-order valence-corrected chi connectivity index (χ4v) is 0.961. The van der Waals surface area contributed by atoms with Crippen LogP contribution in [0.15, 0.2) is 0 Å². The topological polar surface area (TPSA) is 43.1 Å². The van der Waals surface area contributed by atoms with Crippen LogP contribution in [0, 0.1) is 11.8 Å². The van der Waals surface area contributed by atoms with Crippen LogP contribution in [0.4, 0.5) is 0 Å². The Morgan fingerprint density at radius 2 is 1.90 bits per heavy atom. The Labute approximate surface area is 62.8 Å². The van der Waals surface area contributed by atoms with Crippen LogP contribution < -0.4 is 5.73 Å². The van der Waals surface area contributed by atoms with Gasteiger partial charge < -0.3 is 5.73 Å².